The maximum atomic E-state index is 13.1. The van der Waals surface area contributed by atoms with Gasteiger partial charge in [0.25, 0.3) is 0 Å². The zero-order chi connectivity index (χ0) is 24.0. The average Bonchev–Trinajstić information content (AvgIpc) is 2.77. The van der Waals surface area contributed by atoms with Gasteiger partial charge in [0.2, 0.25) is 11.8 Å². The lowest BCUT2D eigenvalue weighted by atomic mass is 10.0. The molecule has 2 unspecified atom stereocenters. The molecule has 0 aliphatic carbocycles. The van der Waals surface area contributed by atoms with E-state index in [1.807, 2.05) is 0 Å². The van der Waals surface area contributed by atoms with Gasteiger partial charge < -0.3 is 26.2 Å². The molecule has 5 N–H and O–H groups in total. The summed E-state index contributed by atoms with van der Waals surface area (Å²) in [5.41, 5.74) is 1.54. The largest absolute Gasteiger partial charge is 0.481 e. The molecule has 0 bridgehead atoms. The number of carboxylic acids is 2. The van der Waals surface area contributed by atoms with E-state index in [0.717, 1.165) is 0 Å². The van der Waals surface area contributed by atoms with Gasteiger partial charge in [-0.25, -0.2) is 9.59 Å². The van der Waals surface area contributed by atoms with E-state index in [1.54, 1.807) is 54.6 Å². The number of carbonyl (C=O) groups is 5. The number of carbonyl (C=O) groups excluding carboxylic acids is 3. The first-order valence-electron chi connectivity index (χ1n) is 10.0. The summed E-state index contributed by atoms with van der Waals surface area (Å²) >= 11 is 0. The number of amides is 4. The molecule has 11 nitrogen and oxygen atoms in total. The highest BCUT2D eigenvalue weighted by Crippen LogP contribution is 2.28. The van der Waals surface area contributed by atoms with Gasteiger partial charge in [0.05, 0.1) is 17.8 Å². The van der Waals surface area contributed by atoms with Crippen molar-refractivity contribution in [3.05, 3.63) is 60.2 Å². The number of hydrogen-bond acceptors (Lipinski definition) is 5. The molecule has 0 saturated heterocycles. The summed E-state index contributed by atoms with van der Waals surface area (Å²) in [5, 5.41) is 25.6. The molecule has 2 atom stereocenters. The van der Waals surface area contributed by atoms with Gasteiger partial charge in [-0.15, -0.1) is 0 Å². The first-order valence-corrected chi connectivity index (χ1v) is 10.0. The average molecular weight is 454 g/mol. The number of aliphatic carboxylic acids is 2. The summed E-state index contributed by atoms with van der Waals surface area (Å²) < 4.78 is 0. The van der Waals surface area contributed by atoms with Crippen molar-refractivity contribution in [2.75, 3.05) is 16.8 Å². The smallest absolute Gasteiger partial charge is 0.326 e. The minimum Gasteiger partial charge on any atom is -0.481 e. The lowest BCUT2D eigenvalue weighted by molar-refractivity contribution is -0.147. The molecule has 2 aromatic rings. The minimum absolute atomic E-state index is 0.0134. The normalized spacial score (nSPS) is 14.3. The van der Waals surface area contributed by atoms with Crippen LogP contribution in [0.1, 0.15) is 12.0 Å². The van der Waals surface area contributed by atoms with Crippen LogP contribution in [-0.4, -0.2) is 58.6 Å². The number of hydrogen-bond donors (Lipinski definition) is 5. The van der Waals surface area contributed by atoms with Crippen LogP contribution in [0.3, 0.4) is 0 Å². The molecule has 11 heteroatoms. The molecule has 0 fully saturated rings. The van der Waals surface area contributed by atoms with Crippen molar-refractivity contribution in [2.45, 2.75) is 24.9 Å². The molecule has 1 aliphatic rings. The first kappa shape index (κ1) is 23.3. The summed E-state index contributed by atoms with van der Waals surface area (Å²) in [6.45, 7) is -0.278. The maximum Gasteiger partial charge on any atom is 0.326 e. The van der Waals surface area contributed by atoms with Crippen molar-refractivity contribution in [1.82, 2.24) is 10.6 Å². The lowest BCUT2D eigenvalue weighted by Gasteiger charge is -2.31. The summed E-state index contributed by atoms with van der Waals surface area (Å²) in [7, 11) is 0. The number of rotatable bonds is 8. The number of fused-ring (bicyclic) bond motifs is 1. The van der Waals surface area contributed by atoms with Gasteiger partial charge in [-0.1, -0.05) is 42.5 Å². The highest BCUT2D eigenvalue weighted by Gasteiger charge is 2.32. The number of anilines is 2. The molecule has 1 heterocycles. The Labute approximate surface area is 188 Å². The monoisotopic (exact) mass is 454 g/mol. The van der Waals surface area contributed by atoms with Gasteiger partial charge in [-0.3, -0.25) is 19.3 Å². The van der Waals surface area contributed by atoms with E-state index >= 15 is 0 Å². The van der Waals surface area contributed by atoms with Crippen molar-refractivity contribution >= 4 is 41.2 Å². The van der Waals surface area contributed by atoms with Crippen LogP contribution in [-0.2, 0) is 25.6 Å². The molecule has 4 amide bonds. The SMILES string of the molecule is O=C(O)CC(NC(=O)C(Cc1ccccc1)NC(=O)N1CC(=O)Nc2ccccc21)C(=O)O. The molecule has 0 aromatic heterocycles. The third-order valence-electron chi connectivity index (χ3n) is 4.91. The summed E-state index contributed by atoms with van der Waals surface area (Å²) in [4.78, 5) is 61.5. The molecule has 3 rings (SSSR count). The Bertz CT molecular complexity index is 1070. The number of benzene rings is 2. The van der Waals surface area contributed by atoms with E-state index in [0.29, 0.717) is 16.9 Å². The minimum atomic E-state index is -1.67. The topological polar surface area (TPSA) is 165 Å². The van der Waals surface area contributed by atoms with Crippen molar-refractivity contribution in [3.63, 3.8) is 0 Å². The molecule has 172 valence electrons. The van der Waals surface area contributed by atoms with Gasteiger partial charge in [-0.2, -0.15) is 0 Å². The Morgan fingerprint density at radius 2 is 1.61 bits per heavy atom. The van der Waals surface area contributed by atoms with E-state index in [1.165, 1.54) is 4.90 Å². The fourth-order valence-corrected chi connectivity index (χ4v) is 3.35. The standard InChI is InChI=1S/C22H22N4O7/c27-18-12-26(17-9-5-4-8-14(17)23-18)22(33)25-15(10-13-6-2-1-3-7-13)20(30)24-16(21(31)32)11-19(28)29/h1-9,15-16H,10-12H2,(H,23,27)(H,24,30)(H,25,33)(H,28,29)(H,31,32). The zero-order valence-electron chi connectivity index (χ0n) is 17.4. The third-order valence-corrected chi connectivity index (χ3v) is 4.91. The summed E-state index contributed by atoms with van der Waals surface area (Å²) in [6.07, 6.45) is -0.813. The second-order valence-corrected chi connectivity index (χ2v) is 7.34. The van der Waals surface area contributed by atoms with Gasteiger partial charge >= 0.3 is 18.0 Å². The maximum absolute atomic E-state index is 13.1. The second-order valence-electron chi connectivity index (χ2n) is 7.34. The third kappa shape index (κ3) is 6.06. The van der Waals surface area contributed by atoms with Gasteiger partial charge in [0, 0.05) is 6.42 Å². The zero-order valence-corrected chi connectivity index (χ0v) is 17.4. The molecular weight excluding hydrogens is 432 g/mol. The number of urea groups is 1. The molecule has 0 radical (unpaired) electrons. The highest BCUT2D eigenvalue weighted by atomic mass is 16.4. The predicted octanol–water partition coefficient (Wildman–Crippen LogP) is 0.810. The molecule has 0 spiro atoms. The van der Waals surface area contributed by atoms with Crippen LogP contribution in [0, 0.1) is 0 Å². The van der Waals surface area contributed by atoms with E-state index in [9.17, 15) is 29.1 Å². The van der Waals surface area contributed by atoms with Crippen LogP contribution in [0.5, 0.6) is 0 Å². The first-order chi connectivity index (χ1) is 15.7. The van der Waals surface area contributed by atoms with Crippen LogP contribution < -0.4 is 20.9 Å². The number of para-hydroxylation sites is 2. The number of carboxylic acid groups (broad SMARTS) is 2. The van der Waals surface area contributed by atoms with Crippen molar-refractivity contribution in [2.24, 2.45) is 0 Å². The second kappa shape index (κ2) is 10.3. The van der Waals surface area contributed by atoms with Crippen LogP contribution in [0.15, 0.2) is 54.6 Å². The Hall–Kier alpha value is -4.41. The number of nitrogens with one attached hydrogen (secondary N) is 3. The van der Waals surface area contributed by atoms with Crippen LogP contribution in [0.25, 0.3) is 0 Å². The van der Waals surface area contributed by atoms with Gasteiger partial charge in [0.15, 0.2) is 0 Å². The highest BCUT2D eigenvalue weighted by molar-refractivity contribution is 6.10. The van der Waals surface area contributed by atoms with E-state index < -0.39 is 48.3 Å². The van der Waals surface area contributed by atoms with E-state index in [-0.39, 0.29) is 13.0 Å². The summed E-state index contributed by atoms with van der Waals surface area (Å²) in [6, 6.07) is 11.7. The Kier molecular flexibility index (Phi) is 7.24. The van der Waals surface area contributed by atoms with Crippen LogP contribution >= 0.6 is 0 Å². The Balaban J connectivity index is 1.83. The van der Waals surface area contributed by atoms with Gasteiger partial charge in [-0.05, 0) is 17.7 Å². The van der Waals surface area contributed by atoms with E-state index in [2.05, 4.69) is 16.0 Å². The van der Waals surface area contributed by atoms with Gasteiger partial charge in [0.1, 0.15) is 18.6 Å². The Morgan fingerprint density at radius 1 is 0.939 bits per heavy atom. The van der Waals surface area contributed by atoms with Crippen LogP contribution in [0.2, 0.25) is 0 Å². The van der Waals surface area contributed by atoms with Crippen molar-refractivity contribution in [3.8, 4) is 0 Å². The molecular formula is C22H22N4O7. The molecule has 1 aliphatic heterocycles. The number of nitrogens with zero attached hydrogens (tertiary/aromatic N) is 1. The molecule has 33 heavy (non-hydrogen) atoms. The van der Waals surface area contributed by atoms with Crippen molar-refractivity contribution < 1.29 is 34.2 Å². The fourth-order valence-electron chi connectivity index (χ4n) is 3.35. The predicted molar refractivity (Wildman–Crippen MR) is 117 cm³/mol. The quantitative estimate of drug-likeness (QED) is 0.394. The van der Waals surface area contributed by atoms with Crippen molar-refractivity contribution in [1.29, 1.82) is 0 Å². The fraction of sp³-hybridized carbons (Fsp3) is 0.227. The van der Waals surface area contributed by atoms with E-state index in [4.69, 9.17) is 5.11 Å². The van der Waals surface area contributed by atoms with Crippen LogP contribution in [0.4, 0.5) is 16.2 Å². The Morgan fingerprint density at radius 3 is 2.27 bits per heavy atom. The lowest BCUT2D eigenvalue weighted by Crippen LogP contribution is -2.56. The molecule has 2 aromatic carbocycles. The summed E-state index contributed by atoms with van der Waals surface area (Å²) in [5.74, 6) is -4.20. The molecule has 0 saturated carbocycles.